The summed E-state index contributed by atoms with van der Waals surface area (Å²) in [5.74, 6) is -0.814. The summed E-state index contributed by atoms with van der Waals surface area (Å²) in [6.07, 6.45) is 1.24. The molecule has 2 rings (SSSR count). The first kappa shape index (κ1) is 14.0. The molecule has 3 N–H and O–H groups in total. The van der Waals surface area contributed by atoms with Gasteiger partial charge in [0.15, 0.2) is 0 Å². The maximum Gasteiger partial charge on any atom is 0.324 e. The summed E-state index contributed by atoms with van der Waals surface area (Å²) in [4.78, 5) is 35.5. The molecule has 0 radical (unpaired) electrons. The number of nitrogens with two attached hydrogens (primary N) is 1. The highest BCUT2D eigenvalue weighted by atomic mass is 16.2. The number of primary amides is 1. The fraction of sp³-hybridized carbons (Fsp3) is 0.357. The topological polar surface area (TPSA) is 92.5 Å². The molecular formula is C14H17N3O3. The molecule has 1 aromatic rings. The van der Waals surface area contributed by atoms with Crippen molar-refractivity contribution in [2.24, 2.45) is 5.73 Å². The van der Waals surface area contributed by atoms with Gasteiger partial charge in [-0.1, -0.05) is 30.3 Å². The van der Waals surface area contributed by atoms with E-state index in [1.807, 2.05) is 30.3 Å². The molecule has 1 saturated heterocycles. The minimum Gasteiger partial charge on any atom is -0.370 e. The highest BCUT2D eigenvalue weighted by Crippen LogP contribution is 2.13. The van der Waals surface area contributed by atoms with Crippen molar-refractivity contribution in [2.75, 3.05) is 6.54 Å². The molecule has 0 saturated carbocycles. The molecule has 6 heteroatoms. The zero-order valence-corrected chi connectivity index (χ0v) is 11.0. The van der Waals surface area contributed by atoms with Gasteiger partial charge in [-0.25, -0.2) is 4.79 Å². The Morgan fingerprint density at radius 1 is 1.25 bits per heavy atom. The predicted molar refractivity (Wildman–Crippen MR) is 72.6 cm³/mol. The quantitative estimate of drug-likeness (QED) is 0.737. The third kappa shape index (κ3) is 3.34. The molecule has 0 bridgehead atoms. The Morgan fingerprint density at radius 2 is 1.95 bits per heavy atom. The summed E-state index contributed by atoms with van der Waals surface area (Å²) >= 11 is 0. The molecule has 1 heterocycles. The number of hydrogen-bond acceptors (Lipinski definition) is 3. The number of imide groups is 1. The van der Waals surface area contributed by atoms with Crippen LogP contribution in [0.1, 0.15) is 18.4 Å². The number of nitrogens with one attached hydrogen (secondary N) is 1. The third-order valence-corrected chi connectivity index (χ3v) is 3.25. The number of urea groups is 1. The Kier molecular flexibility index (Phi) is 4.34. The van der Waals surface area contributed by atoms with Crippen molar-refractivity contribution >= 4 is 17.8 Å². The van der Waals surface area contributed by atoms with Crippen molar-refractivity contribution in [1.82, 2.24) is 10.2 Å². The van der Waals surface area contributed by atoms with E-state index in [9.17, 15) is 14.4 Å². The van der Waals surface area contributed by atoms with Gasteiger partial charge in [-0.05, 0) is 18.4 Å². The van der Waals surface area contributed by atoms with Crippen molar-refractivity contribution in [2.45, 2.75) is 25.3 Å². The molecule has 1 aliphatic rings. The fourth-order valence-electron chi connectivity index (χ4n) is 2.16. The molecule has 1 fully saturated rings. The number of nitrogens with zero attached hydrogens (tertiary/aromatic N) is 1. The molecule has 1 unspecified atom stereocenters. The standard InChI is InChI=1S/C14H17N3O3/c15-12(18)8-9-17-13(19)11(16-14(17)20)7-6-10-4-2-1-3-5-10/h1-5,11H,6-9H2,(H2,15,18)(H,16,20). The second-order valence-corrected chi connectivity index (χ2v) is 4.73. The van der Waals surface area contributed by atoms with Crippen LogP contribution in [0, 0.1) is 0 Å². The third-order valence-electron chi connectivity index (χ3n) is 3.25. The molecule has 4 amide bonds. The van der Waals surface area contributed by atoms with Crippen LogP contribution >= 0.6 is 0 Å². The number of amides is 4. The SMILES string of the molecule is NC(=O)CCN1C(=O)NC(CCc2ccccc2)C1=O. The first-order chi connectivity index (χ1) is 9.58. The minimum absolute atomic E-state index is 0.00936. The van der Waals surface area contributed by atoms with Crippen LogP contribution in [0.2, 0.25) is 0 Å². The van der Waals surface area contributed by atoms with E-state index in [-0.39, 0.29) is 18.9 Å². The Morgan fingerprint density at radius 3 is 2.60 bits per heavy atom. The average Bonchev–Trinajstić information content (AvgIpc) is 2.70. The Balaban J connectivity index is 1.89. The van der Waals surface area contributed by atoms with Crippen LogP contribution in [0.15, 0.2) is 30.3 Å². The monoisotopic (exact) mass is 275 g/mol. The normalized spacial score (nSPS) is 18.2. The van der Waals surface area contributed by atoms with Gasteiger partial charge in [0.2, 0.25) is 5.91 Å². The van der Waals surface area contributed by atoms with E-state index >= 15 is 0 Å². The first-order valence-electron chi connectivity index (χ1n) is 6.52. The van der Waals surface area contributed by atoms with Gasteiger partial charge in [-0.3, -0.25) is 14.5 Å². The van der Waals surface area contributed by atoms with E-state index in [0.29, 0.717) is 12.8 Å². The highest BCUT2D eigenvalue weighted by molar-refractivity contribution is 6.04. The molecular weight excluding hydrogens is 258 g/mol. The summed E-state index contributed by atoms with van der Waals surface area (Å²) in [5.41, 5.74) is 6.14. The van der Waals surface area contributed by atoms with E-state index in [1.165, 1.54) is 0 Å². The van der Waals surface area contributed by atoms with E-state index in [1.54, 1.807) is 0 Å². The Hall–Kier alpha value is -2.37. The van der Waals surface area contributed by atoms with Gasteiger partial charge < -0.3 is 11.1 Å². The van der Waals surface area contributed by atoms with E-state index in [0.717, 1.165) is 10.5 Å². The molecule has 1 atom stereocenters. The molecule has 1 aromatic carbocycles. The average molecular weight is 275 g/mol. The fourth-order valence-corrected chi connectivity index (χ4v) is 2.16. The molecule has 0 spiro atoms. The maximum absolute atomic E-state index is 12.0. The van der Waals surface area contributed by atoms with Crippen LogP contribution in [-0.4, -0.2) is 35.3 Å². The second-order valence-electron chi connectivity index (χ2n) is 4.73. The maximum atomic E-state index is 12.0. The lowest BCUT2D eigenvalue weighted by Crippen LogP contribution is -2.34. The summed E-state index contributed by atoms with van der Waals surface area (Å²) in [7, 11) is 0. The number of aryl methyl sites for hydroxylation is 1. The highest BCUT2D eigenvalue weighted by Gasteiger charge is 2.37. The van der Waals surface area contributed by atoms with Crippen LogP contribution in [0.4, 0.5) is 4.79 Å². The van der Waals surface area contributed by atoms with Gasteiger partial charge in [0.25, 0.3) is 5.91 Å². The first-order valence-corrected chi connectivity index (χ1v) is 6.52. The van der Waals surface area contributed by atoms with Gasteiger partial charge in [-0.2, -0.15) is 0 Å². The van der Waals surface area contributed by atoms with Crippen molar-refractivity contribution in [3.63, 3.8) is 0 Å². The van der Waals surface area contributed by atoms with Crippen molar-refractivity contribution in [3.8, 4) is 0 Å². The number of rotatable bonds is 6. The number of carbonyl (C=O) groups excluding carboxylic acids is 3. The van der Waals surface area contributed by atoms with E-state index in [2.05, 4.69) is 5.32 Å². The lowest BCUT2D eigenvalue weighted by Gasteiger charge is -2.11. The van der Waals surface area contributed by atoms with Gasteiger partial charge in [0, 0.05) is 13.0 Å². The molecule has 6 nitrogen and oxygen atoms in total. The predicted octanol–water partition coefficient (Wildman–Crippen LogP) is 0.415. The molecule has 0 aliphatic carbocycles. The van der Waals surface area contributed by atoms with Crippen molar-refractivity contribution in [1.29, 1.82) is 0 Å². The number of carbonyl (C=O) groups is 3. The van der Waals surface area contributed by atoms with Gasteiger partial charge in [0.05, 0.1) is 0 Å². The summed E-state index contributed by atoms with van der Waals surface area (Å²) < 4.78 is 0. The van der Waals surface area contributed by atoms with Crippen LogP contribution < -0.4 is 11.1 Å². The van der Waals surface area contributed by atoms with E-state index in [4.69, 9.17) is 5.73 Å². The van der Waals surface area contributed by atoms with Crippen molar-refractivity contribution in [3.05, 3.63) is 35.9 Å². The molecule has 0 aromatic heterocycles. The van der Waals surface area contributed by atoms with Crippen LogP contribution in [0.5, 0.6) is 0 Å². The smallest absolute Gasteiger partial charge is 0.324 e. The molecule has 106 valence electrons. The van der Waals surface area contributed by atoms with Crippen LogP contribution in [0.25, 0.3) is 0 Å². The van der Waals surface area contributed by atoms with Crippen LogP contribution in [0.3, 0.4) is 0 Å². The molecule has 20 heavy (non-hydrogen) atoms. The largest absolute Gasteiger partial charge is 0.370 e. The van der Waals surface area contributed by atoms with Crippen molar-refractivity contribution < 1.29 is 14.4 Å². The molecule has 1 aliphatic heterocycles. The summed E-state index contributed by atoms with van der Waals surface area (Å²) in [6, 6.07) is 8.79. The zero-order chi connectivity index (χ0) is 14.5. The summed E-state index contributed by atoms with van der Waals surface area (Å²) in [6.45, 7) is 0.0435. The van der Waals surface area contributed by atoms with Gasteiger partial charge in [0.1, 0.15) is 6.04 Å². The Labute approximate surface area is 116 Å². The minimum atomic E-state index is -0.529. The Bertz CT molecular complexity index is 516. The summed E-state index contributed by atoms with van der Waals surface area (Å²) in [5, 5.41) is 2.63. The van der Waals surface area contributed by atoms with E-state index < -0.39 is 18.0 Å². The second kappa shape index (κ2) is 6.18. The lowest BCUT2D eigenvalue weighted by atomic mass is 10.1. The van der Waals surface area contributed by atoms with Crippen LogP contribution in [-0.2, 0) is 16.0 Å². The van der Waals surface area contributed by atoms with Gasteiger partial charge in [-0.15, -0.1) is 0 Å². The number of benzene rings is 1. The van der Waals surface area contributed by atoms with Gasteiger partial charge >= 0.3 is 6.03 Å². The zero-order valence-electron chi connectivity index (χ0n) is 11.0. The number of hydrogen-bond donors (Lipinski definition) is 2. The lowest BCUT2D eigenvalue weighted by molar-refractivity contribution is -0.128.